The molecule has 2 aromatic rings. The summed E-state index contributed by atoms with van der Waals surface area (Å²) in [5, 5.41) is 0. The molecule has 2 heterocycles. The van der Waals surface area contributed by atoms with Crippen molar-refractivity contribution < 1.29 is 9.47 Å². The van der Waals surface area contributed by atoms with Crippen molar-refractivity contribution in [2.75, 3.05) is 14.2 Å². The van der Waals surface area contributed by atoms with Crippen LogP contribution in [0.2, 0.25) is 0 Å². The highest BCUT2D eigenvalue weighted by molar-refractivity contribution is 5.52. The van der Waals surface area contributed by atoms with Crippen LogP contribution in [-0.4, -0.2) is 23.8 Å². The average molecular weight is 204 g/mol. The molecular weight excluding hydrogens is 192 g/mol. The van der Waals surface area contributed by atoms with Gasteiger partial charge in [-0.25, -0.2) is 4.98 Å². The van der Waals surface area contributed by atoms with Crippen LogP contribution < -0.4 is 9.47 Å². The Morgan fingerprint density at radius 1 is 1.13 bits per heavy atom. The SMILES string of the molecule is COc1nccc(-n2cccc2)c1OC. The molecule has 2 aromatic heterocycles. The number of hydrogen-bond acceptors (Lipinski definition) is 3. The first kappa shape index (κ1) is 9.58. The molecule has 0 amide bonds. The molecule has 0 bridgehead atoms. The van der Waals surface area contributed by atoms with Crippen LogP contribution in [0.5, 0.6) is 11.6 Å². The number of nitrogens with zero attached hydrogens (tertiary/aromatic N) is 2. The summed E-state index contributed by atoms with van der Waals surface area (Å²) in [6.45, 7) is 0. The normalized spacial score (nSPS) is 10.0. The molecule has 15 heavy (non-hydrogen) atoms. The highest BCUT2D eigenvalue weighted by Crippen LogP contribution is 2.30. The molecule has 0 aliphatic carbocycles. The Labute approximate surface area is 88.1 Å². The highest BCUT2D eigenvalue weighted by Gasteiger charge is 2.11. The third-order valence-electron chi connectivity index (χ3n) is 2.13. The maximum absolute atomic E-state index is 5.28. The van der Waals surface area contributed by atoms with E-state index in [1.54, 1.807) is 20.4 Å². The van der Waals surface area contributed by atoms with E-state index in [1.807, 2.05) is 35.2 Å². The average Bonchev–Trinajstić information content (AvgIpc) is 2.81. The third-order valence-corrected chi connectivity index (χ3v) is 2.13. The summed E-state index contributed by atoms with van der Waals surface area (Å²) in [7, 11) is 3.18. The zero-order valence-corrected chi connectivity index (χ0v) is 8.68. The molecule has 0 aromatic carbocycles. The summed E-state index contributed by atoms with van der Waals surface area (Å²) in [4.78, 5) is 4.08. The Morgan fingerprint density at radius 2 is 1.87 bits per heavy atom. The zero-order valence-electron chi connectivity index (χ0n) is 8.68. The zero-order chi connectivity index (χ0) is 10.7. The van der Waals surface area contributed by atoms with E-state index in [4.69, 9.17) is 9.47 Å². The van der Waals surface area contributed by atoms with E-state index < -0.39 is 0 Å². The minimum Gasteiger partial charge on any atom is -0.490 e. The van der Waals surface area contributed by atoms with Crippen LogP contribution >= 0.6 is 0 Å². The molecule has 0 unspecified atom stereocenters. The molecule has 4 nitrogen and oxygen atoms in total. The Balaban J connectivity index is 2.56. The second-order valence-electron chi connectivity index (χ2n) is 2.96. The predicted molar refractivity (Wildman–Crippen MR) is 56.7 cm³/mol. The van der Waals surface area contributed by atoms with Gasteiger partial charge in [0, 0.05) is 18.6 Å². The fraction of sp³-hybridized carbons (Fsp3) is 0.182. The van der Waals surface area contributed by atoms with E-state index in [2.05, 4.69) is 4.98 Å². The summed E-state index contributed by atoms with van der Waals surface area (Å²) < 4.78 is 12.4. The number of rotatable bonds is 3. The molecule has 0 saturated heterocycles. The smallest absolute Gasteiger partial charge is 0.258 e. The second-order valence-corrected chi connectivity index (χ2v) is 2.96. The lowest BCUT2D eigenvalue weighted by Gasteiger charge is -2.11. The summed E-state index contributed by atoms with van der Waals surface area (Å²) in [5.74, 6) is 1.12. The maximum atomic E-state index is 5.28. The van der Waals surface area contributed by atoms with Gasteiger partial charge in [0.2, 0.25) is 5.75 Å². The summed E-state index contributed by atoms with van der Waals surface area (Å²) in [6.07, 6.45) is 5.57. The van der Waals surface area contributed by atoms with Crippen LogP contribution in [0.15, 0.2) is 36.8 Å². The van der Waals surface area contributed by atoms with Gasteiger partial charge in [0.1, 0.15) is 0 Å². The fourth-order valence-corrected chi connectivity index (χ4v) is 1.46. The van der Waals surface area contributed by atoms with Crippen molar-refractivity contribution in [2.45, 2.75) is 0 Å². The molecule has 0 saturated carbocycles. The first-order valence-electron chi connectivity index (χ1n) is 4.57. The number of methoxy groups -OCH3 is 2. The minimum absolute atomic E-state index is 0.490. The minimum atomic E-state index is 0.490. The van der Waals surface area contributed by atoms with Gasteiger partial charge in [-0.05, 0) is 18.2 Å². The highest BCUT2D eigenvalue weighted by atomic mass is 16.5. The molecule has 0 atom stereocenters. The Kier molecular flexibility index (Phi) is 2.58. The largest absolute Gasteiger partial charge is 0.490 e. The van der Waals surface area contributed by atoms with Gasteiger partial charge in [-0.15, -0.1) is 0 Å². The van der Waals surface area contributed by atoms with Gasteiger partial charge in [0.15, 0.2) is 0 Å². The number of ether oxygens (including phenoxy) is 2. The molecule has 0 aliphatic rings. The van der Waals surface area contributed by atoms with Crippen LogP contribution in [0.25, 0.3) is 5.69 Å². The van der Waals surface area contributed by atoms with Gasteiger partial charge in [0.05, 0.1) is 19.9 Å². The van der Waals surface area contributed by atoms with Gasteiger partial charge >= 0.3 is 0 Å². The number of hydrogen-bond donors (Lipinski definition) is 0. The first-order chi connectivity index (χ1) is 7.36. The van der Waals surface area contributed by atoms with Gasteiger partial charge in [-0.3, -0.25) is 0 Å². The molecule has 2 rings (SSSR count). The van der Waals surface area contributed by atoms with Crippen molar-refractivity contribution in [1.82, 2.24) is 9.55 Å². The van der Waals surface area contributed by atoms with Gasteiger partial charge in [0.25, 0.3) is 5.88 Å². The van der Waals surface area contributed by atoms with Crippen LogP contribution in [0.4, 0.5) is 0 Å². The van der Waals surface area contributed by atoms with Crippen molar-refractivity contribution in [2.24, 2.45) is 0 Å². The quantitative estimate of drug-likeness (QED) is 0.766. The van der Waals surface area contributed by atoms with E-state index in [9.17, 15) is 0 Å². The van der Waals surface area contributed by atoms with Crippen LogP contribution in [0.3, 0.4) is 0 Å². The molecular formula is C11H12N2O2. The van der Waals surface area contributed by atoms with Crippen molar-refractivity contribution in [3.63, 3.8) is 0 Å². The van der Waals surface area contributed by atoms with Crippen molar-refractivity contribution in [1.29, 1.82) is 0 Å². The number of aromatic nitrogens is 2. The molecule has 0 radical (unpaired) electrons. The topological polar surface area (TPSA) is 36.3 Å². The third kappa shape index (κ3) is 1.66. The molecule has 4 heteroatoms. The predicted octanol–water partition coefficient (Wildman–Crippen LogP) is 1.89. The van der Waals surface area contributed by atoms with Gasteiger partial charge in [-0.1, -0.05) is 0 Å². The second kappa shape index (κ2) is 4.04. The molecule has 0 N–H and O–H groups in total. The Hall–Kier alpha value is -1.97. The lowest BCUT2D eigenvalue weighted by Crippen LogP contribution is -1.99. The molecule has 0 spiro atoms. The monoisotopic (exact) mass is 204 g/mol. The standard InChI is InChI=1S/C11H12N2O2/c1-14-10-9(13-7-3-4-8-13)5-6-12-11(10)15-2/h3-8H,1-2H3. The van der Waals surface area contributed by atoms with Crippen molar-refractivity contribution in [3.8, 4) is 17.3 Å². The van der Waals surface area contributed by atoms with E-state index in [-0.39, 0.29) is 0 Å². The molecule has 0 aliphatic heterocycles. The van der Waals surface area contributed by atoms with Crippen LogP contribution in [0, 0.1) is 0 Å². The fourth-order valence-electron chi connectivity index (χ4n) is 1.46. The summed E-state index contributed by atoms with van der Waals surface area (Å²) in [6, 6.07) is 5.78. The Bertz CT molecular complexity index is 438. The summed E-state index contributed by atoms with van der Waals surface area (Å²) in [5.41, 5.74) is 0.911. The first-order valence-corrected chi connectivity index (χ1v) is 4.57. The van der Waals surface area contributed by atoms with Gasteiger partial charge in [-0.2, -0.15) is 0 Å². The van der Waals surface area contributed by atoms with E-state index in [1.165, 1.54) is 0 Å². The van der Waals surface area contributed by atoms with Crippen LogP contribution in [0.1, 0.15) is 0 Å². The lowest BCUT2D eigenvalue weighted by atomic mass is 10.3. The Morgan fingerprint density at radius 3 is 2.47 bits per heavy atom. The lowest BCUT2D eigenvalue weighted by molar-refractivity contribution is 0.342. The number of pyridine rings is 1. The van der Waals surface area contributed by atoms with E-state index in [0.29, 0.717) is 11.6 Å². The summed E-state index contributed by atoms with van der Waals surface area (Å²) >= 11 is 0. The molecule has 78 valence electrons. The maximum Gasteiger partial charge on any atom is 0.258 e. The molecule has 0 fully saturated rings. The van der Waals surface area contributed by atoms with Gasteiger partial charge < -0.3 is 14.0 Å². The van der Waals surface area contributed by atoms with Crippen LogP contribution in [-0.2, 0) is 0 Å². The van der Waals surface area contributed by atoms with E-state index >= 15 is 0 Å². The van der Waals surface area contributed by atoms with E-state index in [0.717, 1.165) is 5.69 Å². The van der Waals surface area contributed by atoms with Crippen molar-refractivity contribution in [3.05, 3.63) is 36.8 Å². The van der Waals surface area contributed by atoms with Crippen molar-refractivity contribution >= 4 is 0 Å².